The maximum Gasteiger partial charge on any atom is 0.222 e. The Hall–Kier alpha value is -0.770. The van der Waals surface area contributed by atoms with Gasteiger partial charge in [-0.25, -0.2) is 0 Å². The number of carbonyl (C=O) groups is 1. The molecule has 2 rings (SSSR count). The molecule has 3 nitrogen and oxygen atoms in total. The zero-order valence-electron chi connectivity index (χ0n) is 12.9. The molecule has 1 aliphatic rings. The number of halogens is 2. The van der Waals surface area contributed by atoms with Crippen LogP contribution in [0.5, 0.6) is 0 Å². The SMILES string of the molecule is CC(O)C1CCCN(C(=O)CCCc2ccc(Cl)c(Cl)c2)C1. The van der Waals surface area contributed by atoms with Crippen molar-refractivity contribution in [2.45, 2.75) is 45.1 Å². The molecule has 1 aliphatic heterocycles. The number of aliphatic hydroxyl groups excluding tert-OH is 1. The summed E-state index contributed by atoms with van der Waals surface area (Å²) in [6, 6.07) is 5.60. The van der Waals surface area contributed by atoms with Gasteiger partial charge >= 0.3 is 0 Å². The van der Waals surface area contributed by atoms with Crippen LogP contribution in [0, 0.1) is 5.92 Å². The number of aryl methyl sites for hydroxylation is 1. The van der Waals surface area contributed by atoms with Crippen LogP contribution in [0.3, 0.4) is 0 Å². The van der Waals surface area contributed by atoms with Gasteiger partial charge in [-0.2, -0.15) is 0 Å². The lowest BCUT2D eigenvalue weighted by molar-refractivity contribution is -0.133. The molecule has 122 valence electrons. The predicted octanol–water partition coefficient (Wildman–Crippen LogP) is 3.94. The molecule has 1 fully saturated rings. The molecule has 0 aromatic heterocycles. The van der Waals surface area contributed by atoms with Crippen molar-refractivity contribution in [2.24, 2.45) is 5.92 Å². The zero-order chi connectivity index (χ0) is 16.1. The van der Waals surface area contributed by atoms with E-state index in [1.165, 1.54) is 0 Å². The summed E-state index contributed by atoms with van der Waals surface area (Å²) < 4.78 is 0. The lowest BCUT2D eigenvalue weighted by Gasteiger charge is -2.34. The fraction of sp³-hybridized carbons (Fsp3) is 0.588. The Bertz CT molecular complexity index is 519. The average Bonchev–Trinajstić information content (AvgIpc) is 2.51. The Morgan fingerprint density at radius 1 is 1.41 bits per heavy atom. The Labute approximate surface area is 142 Å². The first-order valence-corrected chi connectivity index (χ1v) is 8.62. The van der Waals surface area contributed by atoms with Crippen molar-refractivity contribution in [3.05, 3.63) is 33.8 Å². The Kier molecular flexibility index (Phi) is 6.54. The van der Waals surface area contributed by atoms with Crippen molar-refractivity contribution in [3.8, 4) is 0 Å². The van der Waals surface area contributed by atoms with Gasteiger partial charge in [0.1, 0.15) is 0 Å². The van der Waals surface area contributed by atoms with E-state index >= 15 is 0 Å². The van der Waals surface area contributed by atoms with Gasteiger partial charge in [-0.05, 0) is 50.3 Å². The van der Waals surface area contributed by atoms with Crippen LogP contribution in [0.25, 0.3) is 0 Å². The van der Waals surface area contributed by atoms with E-state index in [2.05, 4.69) is 0 Å². The van der Waals surface area contributed by atoms with E-state index in [0.717, 1.165) is 37.8 Å². The maximum absolute atomic E-state index is 12.3. The van der Waals surface area contributed by atoms with Gasteiger partial charge in [-0.1, -0.05) is 29.3 Å². The summed E-state index contributed by atoms with van der Waals surface area (Å²) in [6.07, 6.45) is 3.79. The normalized spacial score (nSPS) is 20.0. The number of piperidine rings is 1. The molecule has 0 aliphatic carbocycles. The third-order valence-electron chi connectivity index (χ3n) is 4.33. The zero-order valence-corrected chi connectivity index (χ0v) is 14.4. The molecule has 0 saturated carbocycles. The highest BCUT2D eigenvalue weighted by atomic mass is 35.5. The van der Waals surface area contributed by atoms with Gasteiger partial charge in [-0.15, -0.1) is 0 Å². The number of benzene rings is 1. The van der Waals surface area contributed by atoms with Crippen molar-refractivity contribution in [2.75, 3.05) is 13.1 Å². The molecule has 1 amide bonds. The van der Waals surface area contributed by atoms with Gasteiger partial charge in [0.05, 0.1) is 16.1 Å². The summed E-state index contributed by atoms with van der Waals surface area (Å²) >= 11 is 11.9. The summed E-state index contributed by atoms with van der Waals surface area (Å²) in [7, 11) is 0. The van der Waals surface area contributed by atoms with E-state index in [1.54, 1.807) is 6.07 Å². The van der Waals surface area contributed by atoms with Gasteiger partial charge in [0.15, 0.2) is 0 Å². The van der Waals surface area contributed by atoms with Gasteiger partial charge < -0.3 is 10.0 Å². The number of nitrogens with zero attached hydrogens (tertiary/aromatic N) is 1. The Morgan fingerprint density at radius 2 is 2.18 bits per heavy atom. The quantitative estimate of drug-likeness (QED) is 0.879. The summed E-state index contributed by atoms with van der Waals surface area (Å²) in [5, 5.41) is 10.8. The number of amides is 1. The van der Waals surface area contributed by atoms with Crippen LogP contribution >= 0.6 is 23.2 Å². The van der Waals surface area contributed by atoms with Crippen LogP contribution in [0.1, 0.15) is 38.2 Å². The molecule has 1 saturated heterocycles. The van der Waals surface area contributed by atoms with E-state index in [-0.39, 0.29) is 17.9 Å². The average molecular weight is 344 g/mol. The fourth-order valence-corrected chi connectivity index (χ4v) is 3.25. The molecule has 22 heavy (non-hydrogen) atoms. The van der Waals surface area contributed by atoms with Crippen LogP contribution in [-0.2, 0) is 11.2 Å². The lowest BCUT2D eigenvalue weighted by atomic mass is 9.93. The van der Waals surface area contributed by atoms with E-state index in [4.69, 9.17) is 23.2 Å². The predicted molar refractivity (Wildman–Crippen MR) is 90.4 cm³/mol. The smallest absolute Gasteiger partial charge is 0.222 e. The fourth-order valence-electron chi connectivity index (χ4n) is 2.93. The monoisotopic (exact) mass is 343 g/mol. The number of hydrogen-bond donors (Lipinski definition) is 1. The first-order valence-electron chi connectivity index (χ1n) is 7.87. The largest absolute Gasteiger partial charge is 0.393 e. The molecule has 2 atom stereocenters. The Morgan fingerprint density at radius 3 is 2.86 bits per heavy atom. The van der Waals surface area contributed by atoms with Crippen LogP contribution in [-0.4, -0.2) is 35.1 Å². The summed E-state index contributed by atoms with van der Waals surface area (Å²) in [6.45, 7) is 3.31. The van der Waals surface area contributed by atoms with E-state index in [1.807, 2.05) is 24.0 Å². The second-order valence-electron chi connectivity index (χ2n) is 6.08. The highest BCUT2D eigenvalue weighted by Crippen LogP contribution is 2.24. The third-order valence-corrected chi connectivity index (χ3v) is 5.07. The highest BCUT2D eigenvalue weighted by Gasteiger charge is 2.25. The van der Waals surface area contributed by atoms with E-state index < -0.39 is 0 Å². The highest BCUT2D eigenvalue weighted by molar-refractivity contribution is 6.42. The van der Waals surface area contributed by atoms with Gasteiger partial charge in [0.25, 0.3) is 0 Å². The molecular weight excluding hydrogens is 321 g/mol. The van der Waals surface area contributed by atoms with E-state index in [9.17, 15) is 9.90 Å². The third kappa shape index (κ3) is 4.87. The maximum atomic E-state index is 12.3. The molecule has 0 bridgehead atoms. The molecule has 0 radical (unpaired) electrons. The van der Waals surface area contributed by atoms with Crippen molar-refractivity contribution < 1.29 is 9.90 Å². The molecule has 1 heterocycles. The van der Waals surface area contributed by atoms with Crippen molar-refractivity contribution in [3.63, 3.8) is 0 Å². The van der Waals surface area contributed by atoms with Gasteiger partial charge in [-0.3, -0.25) is 4.79 Å². The number of aliphatic hydroxyl groups is 1. The summed E-state index contributed by atoms with van der Waals surface area (Å²) in [5.41, 5.74) is 1.10. The van der Waals surface area contributed by atoms with Crippen LogP contribution < -0.4 is 0 Å². The molecule has 5 heteroatoms. The first kappa shape index (κ1) is 17.6. The molecule has 1 aromatic carbocycles. The molecule has 2 unspecified atom stereocenters. The second-order valence-corrected chi connectivity index (χ2v) is 6.90. The second kappa shape index (κ2) is 8.19. The van der Waals surface area contributed by atoms with Crippen molar-refractivity contribution >= 4 is 29.1 Å². The number of carbonyl (C=O) groups excluding carboxylic acids is 1. The number of likely N-dealkylation sites (tertiary alicyclic amines) is 1. The molecular formula is C17H23Cl2NO2. The van der Waals surface area contributed by atoms with Crippen molar-refractivity contribution in [1.29, 1.82) is 0 Å². The minimum absolute atomic E-state index is 0.186. The van der Waals surface area contributed by atoms with Crippen LogP contribution in [0.4, 0.5) is 0 Å². The topological polar surface area (TPSA) is 40.5 Å². The number of rotatable bonds is 5. The van der Waals surface area contributed by atoms with Crippen LogP contribution in [0.15, 0.2) is 18.2 Å². The van der Waals surface area contributed by atoms with Crippen molar-refractivity contribution in [1.82, 2.24) is 4.90 Å². The van der Waals surface area contributed by atoms with Crippen LogP contribution in [0.2, 0.25) is 10.0 Å². The standard InChI is InChI=1S/C17H23Cl2NO2/c1-12(21)14-5-3-9-20(11-14)17(22)6-2-4-13-7-8-15(18)16(19)10-13/h7-8,10,12,14,21H,2-6,9,11H2,1H3. The minimum atomic E-state index is -0.341. The molecule has 1 aromatic rings. The summed E-state index contributed by atoms with van der Waals surface area (Å²) in [4.78, 5) is 14.2. The lowest BCUT2D eigenvalue weighted by Crippen LogP contribution is -2.42. The Balaban J connectivity index is 1.78. The van der Waals surface area contributed by atoms with E-state index in [0.29, 0.717) is 23.0 Å². The summed E-state index contributed by atoms with van der Waals surface area (Å²) in [5.74, 6) is 0.401. The number of hydrogen-bond acceptors (Lipinski definition) is 2. The molecule has 0 spiro atoms. The molecule has 1 N–H and O–H groups in total. The minimum Gasteiger partial charge on any atom is -0.393 e. The van der Waals surface area contributed by atoms with Gasteiger partial charge in [0, 0.05) is 25.4 Å². The first-order chi connectivity index (χ1) is 10.5. The van der Waals surface area contributed by atoms with Gasteiger partial charge in [0.2, 0.25) is 5.91 Å².